The third-order valence-electron chi connectivity index (χ3n) is 8.49. The van der Waals surface area contributed by atoms with Crippen molar-refractivity contribution in [2.45, 2.75) is 46.0 Å². The van der Waals surface area contributed by atoms with Crippen molar-refractivity contribution in [1.29, 1.82) is 0 Å². The second-order valence-electron chi connectivity index (χ2n) is 11.8. The number of fused-ring (bicyclic) bond motifs is 1. The average Bonchev–Trinajstić information content (AvgIpc) is 2.99. The van der Waals surface area contributed by atoms with Crippen LogP contribution in [0.3, 0.4) is 0 Å². The highest BCUT2D eigenvalue weighted by Crippen LogP contribution is 2.28. The summed E-state index contributed by atoms with van der Waals surface area (Å²) < 4.78 is 0. The number of carbonyl (C=O) groups is 2. The summed E-state index contributed by atoms with van der Waals surface area (Å²) >= 11 is 6.13. The number of aromatic nitrogens is 1. The van der Waals surface area contributed by atoms with Gasteiger partial charge in [-0.3, -0.25) is 14.5 Å². The molecule has 2 aliphatic rings. The maximum Gasteiger partial charge on any atom is 0.224 e. The number of rotatable bonds is 10. The molecule has 2 aliphatic heterocycles. The number of benzene rings is 2. The average molecular weight is 591 g/mol. The Hall–Kier alpha value is -3.36. The Kier molecular flexibility index (Phi) is 10.2. The van der Waals surface area contributed by atoms with Crippen LogP contribution < -0.4 is 20.4 Å². The van der Waals surface area contributed by atoms with Crippen LogP contribution in [-0.4, -0.2) is 74.1 Å². The number of hydrogen-bond donors (Lipinski definition) is 2. The van der Waals surface area contributed by atoms with Crippen LogP contribution in [-0.2, 0) is 9.59 Å². The van der Waals surface area contributed by atoms with Gasteiger partial charge in [0.1, 0.15) is 5.82 Å². The van der Waals surface area contributed by atoms with Gasteiger partial charge in [0, 0.05) is 80.4 Å². The molecular weight excluding hydrogens is 548 g/mol. The SMILES string of the molecule is Cc1cc(N2CCC(C)CC2)nc2ccc(NC(=O)CCC(=O)NCCCN3CCN(c4cccc(Cl)c4)CC3)cc12. The molecule has 0 unspecified atom stereocenters. The molecule has 0 radical (unpaired) electrons. The van der Waals surface area contributed by atoms with Crippen molar-refractivity contribution in [3.05, 3.63) is 59.1 Å². The summed E-state index contributed by atoms with van der Waals surface area (Å²) in [5, 5.41) is 7.72. The van der Waals surface area contributed by atoms with Crippen molar-refractivity contribution in [1.82, 2.24) is 15.2 Å². The summed E-state index contributed by atoms with van der Waals surface area (Å²) in [4.78, 5) is 37.0. The van der Waals surface area contributed by atoms with Crippen LogP contribution in [0.25, 0.3) is 10.9 Å². The molecule has 0 aliphatic carbocycles. The van der Waals surface area contributed by atoms with Crippen molar-refractivity contribution >= 4 is 51.5 Å². The van der Waals surface area contributed by atoms with Crippen LogP contribution in [0.1, 0.15) is 44.6 Å². The Morgan fingerprint density at radius 1 is 0.929 bits per heavy atom. The predicted molar refractivity (Wildman–Crippen MR) is 173 cm³/mol. The van der Waals surface area contributed by atoms with Crippen molar-refractivity contribution in [2.24, 2.45) is 5.92 Å². The molecule has 2 aromatic carbocycles. The summed E-state index contributed by atoms with van der Waals surface area (Å²) in [6, 6.07) is 16.0. The molecule has 0 spiro atoms. The van der Waals surface area contributed by atoms with Gasteiger partial charge in [-0.15, -0.1) is 0 Å². The second-order valence-corrected chi connectivity index (χ2v) is 12.2. The lowest BCUT2D eigenvalue weighted by Crippen LogP contribution is -2.47. The van der Waals surface area contributed by atoms with Crippen LogP contribution >= 0.6 is 11.6 Å². The van der Waals surface area contributed by atoms with E-state index in [1.807, 2.05) is 36.4 Å². The maximum absolute atomic E-state index is 12.6. The largest absolute Gasteiger partial charge is 0.369 e. The number of pyridine rings is 1. The summed E-state index contributed by atoms with van der Waals surface area (Å²) in [6.45, 7) is 12.0. The smallest absolute Gasteiger partial charge is 0.224 e. The van der Waals surface area contributed by atoms with Gasteiger partial charge in [0.15, 0.2) is 0 Å². The summed E-state index contributed by atoms with van der Waals surface area (Å²) in [6.07, 6.45) is 3.62. The van der Waals surface area contributed by atoms with E-state index in [9.17, 15) is 9.59 Å². The molecule has 0 saturated carbocycles. The fraction of sp³-hybridized carbons (Fsp3) is 0.485. The molecule has 2 N–H and O–H groups in total. The lowest BCUT2D eigenvalue weighted by Gasteiger charge is -2.36. The molecule has 9 heteroatoms. The Morgan fingerprint density at radius 2 is 1.69 bits per heavy atom. The minimum atomic E-state index is -0.160. The maximum atomic E-state index is 12.6. The number of amides is 2. The minimum Gasteiger partial charge on any atom is -0.369 e. The van der Waals surface area contributed by atoms with Crippen LogP contribution in [0.5, 0.6) is 0 Å². The molecule has 3 aromatic rings. The van der Waals surface area contributed by atoms with E-state index in [0.717, 1.165) is 91.1 Å². The zero-order chi connectivity index (χ0) is 29.5. The molecule has 1 aromatic heterocycles. The van der Waals surface area contributed by atoms with Crippen molar-refractivity contribution in [3.8, 4) is 0 Å². The highest BCUT2D eigenvalue weighted by atomic mass is 35.5. The van der Waals surface area contributed by atoms with Gasteiger partial charge in [-0.05, 0) is 86.7 Å². The van der Waals surface area contributed by atoms with Gasteiger partial charge < -0.3 is 20.4 Å². The summed E-state index contributed by atoms with van der Waals surface area (Å²) in [7, 11) is 0. The lowest BCUT2D eigenvalue weighted by atomic mass is 9.99. The van der Waals surface area contributed by atoms with Gasteiger partial charge in [-0.1, -0.05) is 24.6 Å². The third-order valence-corrected chi connectivity index (χ3v) is 8.73. The fourth-order valence-corrected chi connectivity index (χ4v) is 6.01. The van der Waals surface area contributed by atoms with E-state index in [-0.39, 0.29) is 24.7 Å². The monoisotopic (exact) mass is 590 g/mol. The molecule has 42 heavy (non-hydrogen) atoms. The quantitative estimate of drug-likeness (QED) is 0.304. The van der Waals surface area contributed by atoms with E-state index in [1.54, 1.807) is 0 Å². The van der Waals surface area contributed by atoms with E-state index in [4.69, 9.17) is 16.6 Å². The van der Waals surface area contributed by atoms with Crippen LogP contribution in [0.15, 0.2) is 48.5 Å². The van der Waals surface area contributed by atoms with Crippen LogP contribution in [0, 0.1) is 12.8 Å². The predicted octanol–water partition coefficient (Wildman–Crippen LogP) is 5.48. The first-order valence-electron chi connectivity index (χ1n) is 15.3. The highest BCUT2D eigenvalue weighted by molar-refractivity contribution is 6.30. The summed E-state index contributed by atoms with van der Waals surface area (Å²) in [5.41, 5.74) is 3.98. The van der Waals surface area contributed by atoms with Gasteiger partial charge in [0.25, 0.3) is 0 Å². The number of nitrogens with zero attached hydrogens (tertiary/aromatic N) is 4. The highest BCUT2D eigenvalue weighted by Gasteiger charge is 2.19. The normalized spacial score (nSPS) is 16.5. The number of halogens is 1. The van der Waals surface area contributed by atoms with Crippen molar-refractivity contribution in [2.75, 3.05) is 67.5 Å². The number of hydrogen-bond acceptors (Lipinski definition) is 6. The molecule has 8 nitrogen and oxygen atoms in total. The first kappa shape index (κ1) is 30.1. The Balaban J connectivity index is 0.996. The molecule has 3 heterocycles. The number of piperazine rings is 1. The van der Waals surface area contributed by atoms with Crippen LogP contribution in [0.4, 0.5) is 17.2 Å². The second kappa shape index (κ2) is 14.2. The molecule has 224 valence electrons. The number of aryl methyl sites for hydroxylation is 1. The molecular formula is C33H43ClN6O2. The molecule has 2 amide bonds. The van der Waals surface area contributed by atoms with E-state index >= 15 is 0 Å². The van der Waals surface area contributed by atoms with Gasteiger partial charge in [0.05, 0.1) is 5.52 Å². The third kappa shape index (κ3) is 8.13. The zero-order valence-electron chi connectivity index (χ0n) is 24.9. The van der Waals surface area contributed by atoms with Gasteiger partial charge >= 0.3 is 0 Å². The minimum absolute atomic E-state index is 0.0888. The number of piperidine rings is 1. The molecule has 2 saturated heterocycles. The van der Waals surface area contributed by atoms with Gasteiger partial charge in [0.2, 0.25) is 11.8 Å². The van der Waals surface area contributed by atoms with Gasteiger partial charge in [-0.2, -0.15) is 0 Å². The first-order chi connectivity index (χ1) is 20.3. The van der Waals surface area contributed by atoms with Crippen molar-refractivity contribution < 1.29 is 9.59 Å². The number of nitrogens with one attached hydrogen (secondary N) is 2. The van der Waals surface area contributed by atoms with E-state index < -0.39 is 0 Å². The topological polar surface area (TPSA) is 80.8 Å². The molecule has 0 bridgehead atoms. The molecule has 0 atom stereocenters. The number of carbonyl (C=O) groups excluding carboxylic acids is 2. The van der Waals surface area contributed by atoms with Gasteiger partial charge in [-0.25, -0.2) is 4.98 Å². The zero-order valence-corrected chi connectivity index (χ0v) is 25.6. The Bertz CT molecular complexity index is 1380. The number of anilines is 3. The van der Waals surface area contributed by atoms with Crippen molar-refractivity contribution in [3.63, 3.8) is 0 Å². The molecule has 2 fully saturated rings. The van der Waals surface area contributed by atoms with E-state index in [0.29, 0.717) is 6.54 Å². The van der Waals surface area contributed by atoms with E-state index in [1.165, 1.54) is 18.5 Å². The van der Waals surface area contributed by atoms with E-state index in [2.05, 4.69) is 51.3 Å². The Morgan fingerprint density at radius 3 is 2.45 bits per heavy atom. The Labute approximate surface area is 254 Å². The lowest BCUT2D eigenvalue weighted by molar-refractivity contribution is -0.124. The standard InChI is InChI=1S/C33H43ClN6O2/c1-24-11-15-40(16-12-24)31-21-25(2)29-23-27(7-8-30(29)37-31)36-33(42)10-9-32(41)35-13-4-14-38-17-19-39(20-18-38)28-6-3-5-26(34)22-28/h3,5-8,21-24H,4,9-20H2,1-2H3,(H,35,41)(H,36,42). The first-order valence-corrected chi connectivity index (χ1v) is 15.7. The molecule has 5 rings (SSSR count). The fourth-order valence-electron chi connectivity index (χ4n) is 5.83. The summed E-state index contributed by atoms with van der Waals surface area (Å²) in [5.74, 6) is 1.56. The van der Waals surface area contributed by atoms with Crippen LogP contribution in [0.2, 0.25) is 5.02 Å².